The van der Waals surface area contributed by atoms with Crippen LogP contribution in [0.1, 0.15) is 113 Å². The van der Waals surface area contributed by atoms with Crippen molar-refractivity contribution in [2.75, 3.05) is 48.1 Å². The Labute approximate surface area is 481 Å². The second-order valence-electron chi connectivity index (χ2n) is 22.5. The predicted molar refractivity (Wildman–Crippen MR) is 296 cm³/mol. The molecule has 2 saturated heterocycles. The minimum absolute atomic E-state index is 0.0378. The number of carbonyl (C=O) groups excluding carboxylic acids is 5. The molecule has 0 saturated carbocycles. The van der Waals surface area contributed by atoms with Gasteiger partial charge in [0.2, 0.25) is 29.5 Å². The lowest BCUT2D eigenvalue weighted by Crippen LogP contribution is -2.61. The van der Waals surface area contributed by atoms with Crippen LogP contribution in [-0.4, -0.2) is 238 Å². The van der Waals surface area contributed by atoms with Crippen LogP contribution in [0.2, 0.25) is 0 Å². The normalized spacial score (nSPS) is 25.0. The lowest BCUT2D eigenvalue weighted by Gasteiger charge is -2.43. The lowest BCUT2D eigenvalue weighted by molar-refractivity contribution is -0.346. The molecular weight excluding hydrogens is 1080 g/mol. The smallest absolute Gasteiger partial charge is 0.364 e. The number of amides is 5. The molecule has 470 valence electrons. The SMILES string of the molecule is CCC(C)C(C(CC(=O)N1CCCC1C(OC)C(C)C(=O)NC(C)C(OC1OC(COC(CC(O)[C@@H](C)NC(C)=O)(OC(O)C(O)CO)C(=O)O)C(O)C(O)C1O)c1ccccc1)OC)N(C)C(=O)C(NC(=O)C(NC)C(C)C)C(C)C. The maximum Gasteiger partial charge on any atom is 0.364 e. The first-order valence-corrected chi connectivity index (χ1v) is 28.2. The van der Waals surface area contributed by atoms with Gasteiger partial charge in [-0.3, -0.25) is 24.0 Å². The molecule has 0 spiro atoms. The number of ether oxygens (including phenoxy) is 6. The highest BCUT2D eigenvalue weighted by molar-refractivity contribution is 5.90. The summed E-state index contributed by atoms with van der Waals surface area (Å²) < 4.78 is 35.2. The van der Waals surface area contributed by atoms with E-state index in [0.717, 1.165) is 6.92 Å². The number of carboxylic acid groups (broad SMARTS) is 1. The number of likely N-dealkylation sites (tertiary alicyclic amines) is 1. The molecular formula is C56H96N6O20. The summed E-state index contributed by atoms with van der Waals surface area (Å²) in [6.45, 7) is 15.5. The molecule has 19 unspecified atom stereocenters. The number of methoxy groups -OCH3 is 2. The summed E-state index contributed by atoms with van der Waals surface area (Å²) in [5, 5.41) is 96.3. The predicted octanol–water partition coefficient (Wildman–Crippen LogP) is -0.877. The van der Waals surface area contributed by atoms with Gasteiger partial charge in [-0.05, 0) is 57.1 Å². The molecule has 0 aromatic heterocycles. The van der Waals surface area contributed by atoms with Crippen molar-refractivity contribution in [1.82, 2.24) is 31.1 Å². The molecule has 1 aromatic carbocycles. The number of nitrogens with zero attached hydrogens (tertiary/aromatic N) is 2. The van der Waals surface area contributed by atoms with Gasteiger partial charge in [0.25, 0.3) is 5.79 Å². The van der Waals surface area contributed by atoms with Gasteiger partial charge in [0.15, 0.2) is 12.6 Å². The van der Waals surface area contributed by atoms with E-state index in [1.165, 1.54) is 21.1 Å². The molecule has 0 radical (unpaired) electrons. The molecule has 2 aliphatic heterocycles. The Balaban J connectivity index is 1.88. The van der Waals surface area contributed by atoms with E-state index in [1.807, 2.05) is 41.5 Å². The minimum atomic E-state index is -3.07. The average molecular weight is 1170 g/mol. The third kappa shape index (κ3) is 18.7. The van der Waals surface area contributed by atoms with Gasteiger partial charge in [0.05, 0.1) is 74.1 Å². The zero-order chi connectivity index (χ0) is 62.1. The number of aliphatic hydroxyl groups is 7. The monoisotopic (exact) mass is 1170 g/mol. The minimum Gasteiger partial charge on any atom is -0.477 e. The Morgan fingerprint density at radius 1 is 0.829 bits per heavy atom. The molecule has 12 N–H and O–H groups in total. The highest BCUT2D eigenvalue weighted by atomic mass is 16.8. The van der Waals surface area contributed by atoms with Crippen LogP contribution in [-0.2, 0) is 57.2 Å². The van der Waals surface area contributed by atoms with Crippen molar-refractivity contribution in [1.29, 1.82) is 0 Å². The van der Waals surface area contributed by atoms with Gasteiger partial charge in [-0.2, -0.15) is 0 Å². The zero-order valence-electron chi connectivity index (χ0n) is 50.0. The number of rotatable bonds is 34. The van der Waals surface area contributed by atoms with E-state index in [-0.39, 0.29) is 41.9 Å². The van der Waals surface area contributed by atoms with Crippen molar-refractivity contribution in [3.8, 4) is 0 Å². The molecule has 2 aliphatic rings. The van der Waals surface area contributed by atoms with Gasteiger partial charge in [-0.25, -0.2) is 4.79 Å². The lowest BCUT2D eigenvalue weighted by atomic mass is 9.89. The van der Waals surface area contributed by atoms with E-state index < -0.39 is 153 Å². The topological polar surface area (TPSA) is 374 Å². The van der Waals surface area contributed by atoms with Crippen molar-refractivity contribution in [2.45, 2.75) is 211 Å². The molecule has 20 atom stereocenters. The molecule has 26 heteroatoms. The Morgan fingerprint density at radius 2 is 1.45 bits per heavy atom. The molecule has 0 bridgehead atoms. The van der Waals surface area contributed by atoms with Gasteiger partial charge in [0, 0.05) is 41.2 Å². The van der Waals surface area contributed by atoms with Crippen LogP contribution in [0.25, 0.3) is 0 Å². The Hall–Kier alpha value is -4.52. The third-order valence-corrected chi connectivity index (χ3v) is 15.8. The average Bonchev–Trinajstić information content (AvgIpc) is 4.09. The maximum absolute atomic E-state index is 14.6. The van der Waals surface area contributed by atoms with Crippen LogP contribution in [0.15, 0.2) is 30.3 Å². The summed E-state index contributed by atoms with van der Waals surface area (Å²) in [7, 11) is 6.29. The van der Waals surface area contributed by atoms with Crippen LogP contribution in [0.3, 0.4) is 0 Å². The molecule has 26 nitrogen and oxygen atoms in total. The summed E-state index contributed by atoms with van der Waals surface area (Å²) in [5.41, 5.74) is 0.453. The highest BCUT2D eigenvalue weighted by Gasteiger charge is 2.52. The number of hydrogen-bond acceptors (Lipinski definition) is 20. The van der Waals surface area contributed by atoms with Crippen molar-refractivity contribution in [3.05, 3.63) is 35.9 Å². The third-order valence-electron chi connectivity index (χ3n) is 15.8. The van der Waals surface area contributed by atoms with Gasteiger partial charge < -0.3 is 100 Å². The molecule has 82 heavy (non-hydrogen) atoms. The number of likely N-dealkylation sites (N-methyl/N-ethyl adjacent to an activating group) is 2. The van der Waals surface area contributed by atoms with E-state index in [4.69, 9.17) is 28.4 Å². The fourth-order valence-corrected chi connectivity index (χ4v) is 10.7. The van der Waals surface area contributed by atoms with E-state index in [1.54, 1.807) is 68.1 Å². The van der Waals surface area contributed by atoms with E-state index in [0.29, 0.717) is 31.4 Å². The van der Waals surface area contributed by atoms with Crippen LogP contribution >= 0.6 is 0 Å². The van der Waals surface area contributed by atoms with E-state index >= 15 is 0 Å². The molecule has 1 aromatic rings. The van der Waals surface area contributed by atoms with Gasteiger partial charge in [-0.1, -0.05) is 85.2 Å². The molecule has 2 fully saturated rings. The first-order chi connectivity index (χ1) is 38.5. The Bertz CT molecular complexity index is 2170. The summed E-state index contributed by atoms with van der Waals surface area (Å²) in [4.78, 5) is 84.6. The summed E-state index contributed by atoms with van der Waals surface area (Å²) in [6.07, 6.45) is -17.9. The van der Waals surface area contributed by atoms with Gasteiger partial charge in [-0.15, -0.1) is 0 Å². The fraction of sp³-hybridized carbons (Fsp3) is 0.786. The summed E-state index contributed by atoms with van der Waals surface area (Å²) >= 11 is 0. The standard InChI is InChI=1S/C56H96N6O20/c1-15-30(6)44(61(12)52(73)43(29(4)5)60-51(72)42(57-11)28(2)3)39(77-13)24-41(67)62-23-19-22-36(62)48(78-14)31(7)50(71)59-33(9)49(35-20-17-16-18-21-35)81-54-47(70)46(69)45(68)40(80-54)27-79-56(55(75)76,82-53(74)38(66)26-63)25-37(65)32(8)58-34(10)64/h16-18,20-21,28-33,36-40,42-49,53-54,57,63,65-66,68-70,74H,15,19,22-27H2,1-14H3,(H,58,64)(H,59,71)(H,60,72)(H,75,76)/t30?,31?,32-,33?,36?,37?,38?,39?,40?,42?,43?,44?,45?,46?,47?,48?,49?,53?,54?,56?/m1/s1. The number of benzene rings is 1. The first kappa shape index (κ1) is 71.7. The van der Waals surface area contributed by atoms with Crippen molar-refractivity contribution < 1.29 is 98.0 Å². The van der Waals surface area contributed by atoms with Crippen LogP contribution in [0.5, 0.6) is 0 Å². The van der Waals surface area contributed by atoms with Crippen LogP contribution < -0.4 is 21.3 Å². The summed E-state index contributed by atoms with van der Waals surface area (Å²) in [6, 6.07) is 3.83. The van der Waals surface area contributed by atoms with Crippen molar-refractivity contribution >= 4 is 35.5 Å². The molecule has 3 rings (SSSR count). The van der Waals surface area contributed by atoms with E-state index in [9.17, 15) is 69.6 Å². The zero-order valence-corrected chi connectivity index (χ0v) is 50.0. The number of aliphatic carboxylic acids is 1. The fourth-order valence-electron chi connectivity index (χ4n) is 10.7. The van der Waals surface area contributed by atoms with Crippen LogP contribution in [0, 0.1) is 23.7 Å². The molecule has 5 amide bonds. The molecule has 0 aliphatic carbocycles. The summed E-state index contributed by atoms with van der Waals surface area (Å²) in [5.74, 6) is -8.38. The Kier molecular flexibility index (Phi) is 29.1. The number of carbonyl (C=O) groups is 6. The van der Waals surface area contributed by atoms with Gasteiger partial charge >= 0.3 is 5.97 Å². The Morgan fingerprint density at radius 3 is 1.98 bits per heavy atom. The molecule has 2 heterocycles. The van der Waals surface area contributed by atoms with Crippen LogP contribution in [0.4, 0.5) is 0 Å². The highest BCUT2D eigenvalue weighted by Crippen LogP contribution is 2.34. The first-order valence-electron chi connectivity index (χ1n) is 28.2. The van der Waals surface area contributed by atoms with Crippen molar-refractivity contribution in [3.63, 3.8) is 0 Å². The second-order valence-corrected chi connectivity index (χ2v) is 22.5. The number of carboxylic acids is 1. The number of aliphatic hydroxyl groups excluding tert-OH is 7. The number of hydrogen-bond donors (Lipinski definition) is 12. The second kappa shape index (κ2) is 33.2. The number of nitrogens with one attached hydrogen (secondary N) is 4. The quantitative estimate of drug-likeness (QED) is 0.0373. The van der Waals surface area contributed by atoms with E-state index in [2.05, 4.69) is 21.3 Å². The van der Waals surface area contributed by atoms with Crippen molar-refractivity contribution in [2.24, 2.45) is 23.7 Å². The van der Waals surface area contributed by atoms with Gasteiger partial charge in [0.1, 0.15) is 42.7 Å². The largest absolute Gasteiger partial charge is 0.477 e. The maximum atomic E-state index is 14.6.